The van der Waals surface area contributed by atoms with Gasteiger partial charge in [0.15, 0.2) is 5.82 Å². The monoisotopic (exact) mass is 387 g/mol. The molecule has 2 heterocycles. The molecule has 3 rings (SSSR count). The second-order valence-electron chi connectivity index (χ2n) is 4.72. The molecule has 0 radical (unpaired) electrons. The average Bonchev–Trinajstić information content (AvgIpc) is 3.30. The van der Waals surface area contributed by atoms with Gasteiger partial charge in [-0.05, 0) is 23.6 Å². The minimum absolute atomic E-state index is 0.141. The van der Waals surface area contributed by atoms with Crippen molar-refractivity contribution >= 4 is 46.5 Å². The zero-order valence-electron chi connectivity index (χ0n) is 12.9. The van der Waals surface area contributed by atoms with E-state index in [9.17, 15) is 4.79 Å². The molecule has 6 nitrogen and oxygen atoms in total. The molecule has 0 fully saturated rings. The molecule has 2 aromatic heterocycles. The molecule has 126 valence electrons. The zero-order chi connectivity index (χ0) is 17.5. The number of para-hydroxylation sites is 1. The number of benzene rings is 1. The van der Waals surface area contributed by atoms with E-state index < -0.39 is 0 Å². The van der Waals surface area contributed by atoms with Gasteiger partial charge in [0.05, 0.1) is 28.1 Å². The van der Waals surface area contributed by atoms with Gasteiger partial charge in [0, 0.05) is 4.90 Å². The number of hydrogen-bond acceptors (Lipinski definition) is 7. The summed E-state index contributed by atoms with van der Waals surface area (Å²) >= 11 is 4.24. The van der Waals surface area contributed by atoms with Crippen molar-refractivity contribution in [2.24, 2.45) is 0 Å². The molecule has 0 saturated carbocycles. The summed E-state index contributed by atoms with van der Waals surface area (Å²) in [6.07, 6.45) is 0. The normalized spacial score (nSPS) is 10.4. The maximum atomic E-state index is 12.2. The van der Waals surface area contributed by atoms with E-state index in [4.69, 9.17) is 5.26 Å². The Morgan fingerprint density at radius 2 is 2.16 bits per heavy atom. The third-order valence-electron chi connectivity index (χ3n) is 3.01. The molecule has 2 N–H and O–H groups in total. The van der Waals surface area contributed by atoms with Gasteiger partial charge in [-0.1, -0.05) is 30.0 Å². The number of rotatable bonds is 7. The van der Waals surface area contributed by atoms with E-state index in [1.165, 1.54) is 23.5 Å². The van der Waals surface area contributed by atoms with Crippen LogP contribution >= 0.6 is 34.9 Å². The van der Waals surface area contributed by atoms with Gasteiger partial charge in [-0.3, -0.25) is 9.89 Å². The number of hydrogen-bond donors (Lipinski definition) is 2. The minimum Gasteiger partial charge on any atom is -0.324 e. The van der Waals surface area contributed by atoms with Crippen LogP contribution < -0.4 is 5.32 Å². The Morgan fingerprint density at radius 1 is 1.28 bits per heavy atom. The van der Waals surface area contributed by atoms with E-state index in [0.717, 1.165) is 9.77 Å². The first-order valence-electron chi connectivity index (χ1n) is 7.24. The molecule has 0 aliphatic rings. The van der Waals surface area contributed by atoms with E-state index in [2.05, 4.69) is 26.6 Å². The highest BCUT2D eigenvalue weighted by Gasteiger charge is 2.11. The van der Waals surface area contributed by atoms with E-state index in [1.807, 2.05) is 41.8 Å². The lowest BCUT2D eigenvalue weighted by molar-refractivity contribution is -0.113. The van der Waals surface area contributed by atoms with Crippen molar-refractivity contribution in [3.8, 4) is 16.8 Å². The Hall–Kier alpha value is -2.28. The molecule has 0 unspecified atom stereocenters. The van der Waals surface area contributed by atoms with Crippen LogP contribution in [0.2, 0.25) is 0 Å². The largest absolute Gasteiger partial charge is 0.324 e. The number of aromatic amines is 1. The molecular formula is C16H13N5OS3. The summed E-state index contributed by atoms with van der Waals surface area (Å²) in [5.41, 5.74) is 0.711. The summed E-state index contributed by atoms with van der Waals surface area (Å²) in [5, 5.41) is 21.1. The summed E-state index contributed by atoms with van der Waals surface area (Å²) < 4.78 is 0. The van der Waals surface area contributed by atoms with Crippen LogP contribution in [-0.2, 0) is 4.79 Å². The van der Waals surface area contributed by atoms with Crippen LogP contribution in [0.5, 0.6) is 0 Å². The van der Waals surface area contributed by atoms with E-state index >= 15 is 0 Å². The Morgan fingerprint density at radius 3 is 2.96 bits per heavy atom. The summed E-state index contributed by atoms with van der Waals surface area (Å²) in [5.74, 6) is 1.11. The van der Waals surface area contributed by atoms with Gasteiger partial charge in [-0.2, -0.15) is 5.26 Å². The number of amides is 1. The van der Waals surface area contributed by atoms with Gasteiger partial charge >= 0.3 is 0 Å². The molecule has 0 bridgehead atoms. The van der Waals surface area contributed by atoms with Crippen LogP contribution in [0.25, 0.3) is 10.7 Å². The van der Waals surface area contributed by atoms with E-state index in [0.29, 0.717) is 22.4 Å². The Kier molecular flexibility index (Phi) is 6.11. The molecule has 0 aliphatic heterocycles. The van der Waals surface area contributed by atoms with E-state index in [-0.39, 0.29) is 11.7 Å². The molecule has 9 heteroatoms. The van der Waals surface area contributed by atoms with Crippen LogP contribution in [0, 0.1) is 11.3 Å². The summed E-state index contributed by atoms with van der Waals surface area (Å²) in [6, 6.07) is 13.4. The number of anilines is 1. The highest BCUT2D eigenvalue weighted by Crippen LogP contribution is 2.27. The SMILES string of the molecule is N#CCSc1ccccc1NC(=O)CSc1n[nH]c(-c2cccs2)n1. The predicted molar refractivity (Wildman–Crippen MR) is 102 cm³/mol. The minimum atomic E-state index is -0.141. The third kappa shape index (κ3) is 4.85. The van der Waals surface area contributed by atoms with E-state index in [1.54, 1.807) is 11.3 Å². The molecule has 1 aromatic carbocycles. The molecule has 25 heavy (non-hydrogen) atoms. The zero-order valence-corrected chi connectivity index (χ0v) is 15.4. The van der Waals surface area contributed by atoms with Crippen LogP contribution in [0.15, 0.2) is 51.8 Å². The van der Waals surface area contributed by atoms with Gasteiger partial charge in [0.2, 0.25) is 11.1 Å². The van der Waals surface area contributed by atoms with Crippen LogP contribution in [0.1, 0.15) is 0 Å². The number of thiophene rings is 1. The summed E-state index contributed by atoms with van der Waals surface area (Å²) in [4.78, 5) is 18.4. The fourth-order valence-electron chi connectivity index (χ4n) is 1.96. The predicted octanol–water partition coefficient (Wildman–Crippen LogP) is 3.88. The molecule has 1 amide bonds. The maximum absolute atomic E-state index is 12.2. The van der Waals surface area contributed by atoms with Gasteiger partial charge in [-0.15, -0.1) is 28.2 Å². The van der Waals surface area contributed by atoms with Crippen molar-refractivity contribution in [1.29, 1.82) is 5.26 Å². The van der Waals surface area contributed by atoms with Gasteiger partial charge in [0.1, 0.15) is 0 Å². The quantitative estimate of drug-likeness (QED) is 0.598. The molecular weight excluding hydrogens is 374 g/mol. The number of thioether (sulfide) groups is 2. The second-order valence-corrected chi connectivity index (χ2v) is 7.63. The van der Waals surface area contributed by atoms with Crippen molar-refractivity contribution in [2.75, 3.05) is 16.8 Å². The first kappa shape index (κ1) is 17.5. The first-order chi connectivity index (χ1) is 12.3. The Balaban J connectivity index is 1.56. The molecule has 0 aliphatic carbocycles. The molecule has 0 saturated heterocycles. The summed E-state index contributed by atoms with van der Waals surface area (Å²) in [7, 11) is 0. The number of nitrogens with one attached hydrogen (secondary N) is 2. The number of carbonyl (C=O) groups excluding carboxylic acids is 1. The fourth-order valence-corrected chi connectivity index (χ4v) is 3.89. The van der Waals surface area contributed by atoms with Crippen molar-refractivity contribution in [3.05, 3.63) is 41.8 Å². The van der Waals surface area contributed by atoms with Crippen LogP contribution in [-0.4, -0.2) is 32.6 Å². The summed E-state index contributed by atoms with van der Waals surface area (Å²) in [6.45, 7) is 0. The van der Waals surface area contributed by atoms with Gasteiger partial charge in [-0.25, -0.2) is 4.98 Å². The van der Waals surface area contributed by atoms with Gasteiger partial charge in [0.25, 0.3) is 0 Å². The number of aromatic nitrogens is 3. The van der Waals surface area contributed by atoms with Crippen molar-refractivity contribution in [3.63, 3.8) is 0 Å². The highest BCUT2D eigenvalue weighted by atomic mass is 32.2. The van der Waals surface area contributed by atoms with Crippen LogP contribution in [0.4, 0.5) is 5.69 Å². The van der Waals surface area contributed by atoms with Crippen molar-refractivity contribution < 1.29 is 4.79 Å². The molecule has 0 atom stereocenters. The average molecular weight is 388 g/mol. The van der Waals surface area contributed by atoms with Crippen LogP contribution in [0.3, 0.4) is 0 Å². The van der Waals surface area contributed by atoms with Crippen molar-refractivity contribution in [1.82, 2.24) is 15.2 Å². The smallest absolute Gasteiger partial charge is 0.234 e. The Bertz CT molecular complexity index is 885. The number of nitriles is 1. The first-order valence-corrected chi connectivity index (χ1v) is 10.1. The molecule has 0 spiro atoms. The lowest BCUT2D eigenvalue weighted by atomic mass is 10.3. The molecule has 3 aromatic rings. The third-order valence-corrected chi connectivity index (χ3v) is 5.67. The Labute approximate surface area is 157 Å². The number of carbonyl (C=O) groups is 1. The maximum Gasteiger partial charge on any atom is 0.234 e. The lowest BCUT2D eigenvalue weighted by Gasteiger charge is -2.08. The number of nitrogens with zero attached hydrogens (tertiary/aromatic N) is 3. The number of H-pyrrole nitrogens is 1. The topological polar surface area (TPSA) is 94.5 Å². The fraction of sp³-hybridized carbons (Fsp3) is 0.125. The lowest BCUT2D eigenvalue weighted by Crippen LogP contribution is -2.14. The standard InChI is InChI=1S/C16H13N5OS3/c17-7-9-24-12-5-2-1-4-11(12)18-14(22)10-25-16-19-15(20-21-16)13-6-3-8-23-13/h1-6,8H,9-10H2,(H,18,22)(H,19,20,21). The highest BCUT2D eigenvalue weighted by molar-refractivity contribution is 8.00. The second kappa shape index (κ2) is 8.71. The van der Waals surface area contributed by atoms with Gasteiger partial charge < -0.3 is 5.32 Å². The van der Waals surface area contributed by atoms with Crippen molar-refractivity contribution in [2.45, 2.75) is 10.1 Å².